The molecule has 0 radical (unpaired) electrons. The van der Waals surface area contributed by atoms with Gasteiger partial charge in [0.1, 0.15) is 0 Å². The molecule has 0 N–H and O–H groups in total. The van der Waals surface area contributed by atoms with Crippen LogP contribution in [0.5, 0.6) is 0 Å². The van der Waals surface area contributed by atoms with E-state index in [0.29, 0.717) is 0 Å². The normalized spacial score (nSPS) is 29.1. The fourth-order valence-corrected chi connectivity index (χ4v) is 2.02. The van der Waals surface area contributed by atoms with Gasteiger partial charge >= 0.3 is 6.16 Å². The van der Waals surface area contributed by atoms with E-state index in [1.165, 1.54) is 5.56 Å². The van der Waals surface area contributed by atoms with Crippen molar-refractivity contribution < 1.29 is 14.3 Å². The second-order valence-electron chi connectivity index (χ2n) is 3.35. The minimum Gasteiger partial charge on any atom is -0.426 e. The molecule has 0 bridgehead atoms. The van der Waals surface area contributed by atoms with Crippen molar-refractivity contribution in [2.24, 2.45) is 0 Å². The van der Waals surface area contributed by atoms with Crippen molar-refractivity contribution in [1.82, 2.24) is 0 Å². The number of ether oxygens (including phenoxy) is 2. The summed E-state index contributed by atoms with van der Waals surface area (Å²) in [5, 5.41) is 0. The van der Waals surface area contributed by atoms with Crippen LogP contribution < -0.4 is 0 Å². The maximum atomic E-state index is 10.8. The van der Waals surface area contributed by atoms with Gasteiger partial charge in [-0.2, -0.15) is 0 Å². The zero-order chi connectivity index (χ0) is 8.84. The van der Waals surface area contributed by atoms with E-state index in [4.69, 9.17) is 9.47 Å². The Kier molecular flexibility index (Phi) is 1.20. The van der Waals surface area contributed by atoms with Gasteiger partial charge in [0.05, 0.1) is 0 Å². The predicted molar refractivity (Wildman–Crippen MR) is 44.2 cm³/mol. The molecule has 0 amide bonds. The van der Waals surface area contributed by atoms with E-state index in [9.17, 15) is 4.79 Å². The molecule has 0 unspecified atom stereocenters. The third-order valence-corrected chi connectivity index (χ3v) is 2.59. The molecule has 0 spiro atoms. The molecule has 13 heavy (non-hydrogen) atoms. The monoisotopic (exact) mass is 176 g/mol. The molecule has 3 nitrogen and oxygen atoms in total. The van der Waals surface area contributed by atoms with E-state index in [2.05, 4.69) is 0 Å². The number of fused-ring (bicyclic) bond motifs is 3. The van der Waals surface area contributed by atoms with Crippen LogP contribution in [0.4, 0.5) is 4.79 Å². The van der Waals surface area contributed by atoms with Gasteiger partial charge in [0, 0.05) is 6.42 Å². The molecule has 1 aliphatic heterocycles. The first kappa shape index (κ1) is 6.95. The summed E-state index contributed by atoms with van der Waals surface area (Å²) in [6.45, 7) is 0. The average Bonchev–Trinajstić information content (AvgIpc) is 2.60. The van der Waals surface area contributed by atoms with Crippen LogP contribution in [0.25, 0.3) is 0 Å². The average molecular weight is 176 g/mol. The summed E-state index contributed by atoms with van der Waals surface area (Å²) < 4.78 is 10.1. The van der Waals surface area contributed by atoms with Crippen LogP contribution in [-0.2, 0) is 15.9 Å². The molecule has 3 heteroatoms. The highest BCUT2D eigenvalue weighted by molar-refractivity contribution is 5.64. The summed E-state index contributed by atoms with van der Waals surface area (Å²) in [5.41, 5.74) is 2.32. The van der Waals surface area contributed by atoms with Gasteiger partial charge in [0.25, 0.3) is 0 Å². The lowest BCUT2D eigenvalue weighted by atomic mass is 10.1. The van der Waals surface area contributed by atoms with Crippen LogP contribution in [0.1, 0.15) is 17.2 Å². The Balaban J connectivity index is 2.06. The number of benzene rings is 1. The number of rotatable bonds is 0. The Hall–Kier alpha value is -1.51. The first-order valence-electron chi connectivity index (χ1n) is 4.29. The Bertz CT molecular complexity index is 372. The molecule has 1 saturated heterocycles. The molecule has 2 atom stereocenters. The van der Waals surface area contributed by atoms with Crippen LogP contribution in [0.2, 0.25) is 0 Å². The van der Waals surface area contributed by atoms with Crippen molar-refractivity contribution >= 4 is 6.16 Å². The molecule has 1 aromatic rings. The van der Waals surface area contributed by atoms with Crippen LogP contribution in [0.15, 0.2) is 24.3 Å². The van der Waals surface area contributed by atoms with Crippen LogP contribution >= 0.6 is 0 Å². The Labute approximate surface area is 75.3 Å². The first-order chi connectivity index (χ1) is 6.34. The maximum absolute atomic E-state index is 10.8. The highest BCUT2D eigenvalue weighted by Gasteiger charge is 2.43. The summed E-state index contributed by atoms with van der Waals surface area (Å²) in [6, 6.07) is 7.97. The Morgan fingerprint density at radius 2 is 2.08 bits per heavy atom. The third-order valence-electron chi connectivity index (χ3n) is 2.59. The lowest BCUT2D eigenvalue weighted by Gasteiger charge is -2.04. The quantitative estimate of drug-likeness (QED) is 0.565. The van der Waals surface area contributed by atoms with E-state index < -0.39 is 6.16 Å². The molecule has 1 fully saturated rings. The van der Waals surface area contributed by atoms with E-state index in [0.717, 1.165) is 12.0 Å². The SMILES string of the molecule is O=C1O[C@@H]2Cc3ccccc3[C@@H]2O1. The summed E-state index contributed by atoms with van der Waals surface area (Å²) in [4.78, 5) is 10.8. The van der Waals surface area contributed by atoms with Crippen molar-refractivity contribution in [1.29, 1.82) is 0 Å². The number of carbonyl (C=O) groups excluding carboxylic acids is 1. The van der Waals surface area contributed by atoms with Gasteiger partial charge in [-0.1, -0.05) is 24.3 Å². The lowest BCUT2D eigenvalue weighted by molar-refractivity contribution is 0.114. The molecule has 3 rings (SSSR count). The molecular weight excluding hydrogens is 168 g/mol. The third kappa shape index (κ3) is 0.869. The second kappa shape index (κ2) is 2.25. The van der Waals surface area contributed by atoms with Crippen LogP contribution in [0.3, 0.4) is 0 Å². The number of hydrogen-bond donors (Lipinski definition) is 0. The zero-order valence-corrected chi connectivity index (χ0v) is 6.90. The fraction of sp³-hybridized carbons (Fsp3) is 0.300. The Morgan fingerprint density at radius 3 is 3.00 bits per heavy atom. The van der Waals surface area contributed by atoms with E-state index in [-0.39, 0.29) is 12.2 Å². The van der Waals surface area contributed by atoms with Crippen LogP contribution in [0, 0.1) is 0 Å². The molecule has 1 aromatic carbocycles. The first-order valence-corrected chi connectivity index (χ1v) is 4.29. The number of carbonyl (C=O) groups is 1. The molecule has 2 aliphatic rings. The molecule has 1 aliphatic carbocycles. The Morgan fingerprint density at radius 1 is 1.23 bits per heavy atom. The van der Waals surface area contributed by atoms with E-state index in [1.807, 2.05) is 24.3 Å². The van der Waals surface area contributed by atoms with E-state index >= 15 is 0 Å². The van der Waals surface area contributed by atoms with Gasteiger partial charge in [-0.05, 0) is 11.1 Å². The zero-order valence-electron chi connectivity index (χ0n) is 6.90. The molecule has 66 valence electrons. The van der Waals surface area contributed by atoms with Gasteiger partial charge in [-0.25, -0.2) is 4.79 Å². The summed E-state index contributed by atoms with van der Waals surface area (Å²) >= 11 is 0. The van der Waals surface area contributed by atoms with Gasteiger partial charge in [-0.3, -0.25) is 0 Å². The molecule has 0 saturated carbocycles. The van der Waals surface area contributed by atoms with Crippen molar-refractivity contribution in [3.63, 3.8) is 0 Å². The summed E-state index contributed by atoms with van der Waals surface area (Å²) in [6.07, 6.45) is -0.00912. The highest BCUT2D eigenvalue weighted by atomic mass is 16.8. The molecule has 1 heterocycles. The summed E-state index contributed by atoms with van der Waals surface area (Å²) in [7, 11) is 0. The van der Waals surface area contributed by atoms with Crippen LogP contribution in [-0.4, -0.2) is 12.3 Å². The maximum Gasteiger partial charge on any atom is 0.509 e. The second-order valence-corrected chi connectivity index (χ2v) is 3.35. The smallest absolute Gasteiger partial charge is 0.426 e. The van der Waals surface area contributed by atoms with Crippen molar-refractivity contribution in [3.8, 4) is 0 Å². The van der Waals surface area contributed by atoms with Gasteiger partial charge in [0.15, 0.2) is 12.2 Å². The number of hydrogen-bond acceptors (Lipinski definition) is 3. The van der Waals surface area contributed by atoms with Gasteiger partial charge in [0.2, 0.25) is 0 Å². The largest absolute Gasteiger partial charge is 0.509 e. The highest BCUT2D eigenvalue weighted by Crippen LogP contribution is 2.40. The molecule has 0 aromatic heterocycles. The fourth-order valence-electron chi connectivity index (χ4n) is 2.02. The minimum atomic E-state index is -0.537. The van der Waals surface area contributed by atoms with Gasteiger partial charge in [-0.15, -0.1) is 0 Å². The van der Waals surface area contributed by atoms with E-state index in [1.54, 1.807) is 0 Å². The topological polar surface area (TPSA) is 35.5 Å². The lowest BCUT2D eigenvalue weighted by Crippen LogP contribution is -2.08. The minimum absolute atomic E-state index is 0.0927. The van der Waals surface area contributed by atoms with Gasteiger partial charge < -0.3 is 9.47 Å². The standard InChI is InChI=1S/C10H8O3/c11-10-12-8-5-6-3-1-2-4-7(6)9(8)13-10/h1-4,8-9H,5H2/t8-,9+/m1/s1. The van der Waals surface area contributed by atoms with Crippen molar-refractivity contribution in [3.05, 3.63) is 35.4 Å². The predicted octanol–water partition coefficient (Wildman–Crippen LogP) is 1.82. The molecular formula is C10H8O3. The van der Waals surface area contributed by atoms with Crippen molar-refractivity contribution in [2.75, 3.05) is 0 Å². The summed E-state index contributed by atoms with van der Waals surface area (Å²) in [5.74, 6) is 0. The van der Waals surface area contributed by atoms with Crippen molar-refractivity contribution in [2.45, 2.75) is 18.6 Å².